The molecule has 1 saturated heterocycles. The lowest BCUT2D eigenvalue weighted by atomic mass is 9.88. The molecule has 0 unspecified atom stereocenters. The van der Waals surface area contributed by atoms with E-state index in [-0.39, 0.29) is 0 Å². The zero-order valence-electron chi connectivity index (χ0n) is 6.40. The van der Waals surface area contributed by atoms with Crippen molar-refractivity contribution in [1.29, 1.82) is 0 Å². The minimum atomic E-state index is 0.344. The van der Waals surface area contributed by atoms with Gasteiger partial charge in [0.15, 0.2) is 0 Å². The Morgan fingerprint density at radius 1 is 1.44 bits per heavy atom. The maximum absolute atomic E-state index is 5.17. The van der Waals surface area contributed by atoms with Gasteiger partial charge < -0.3 is 4.74 Å². The lowest BCUT2D eigenvalue weighted by molar-refractivity contribution is 0.175. The summed E-state index contributed by atoms with van der Waals surface area (Å²) >= 11 is 0. The van der Waals surface area contributed by atoms with Crippen LogP contribution in [0.4, 0.5) is 0 Å². The van der Waals surface area contributed by atoms with Crippen molar-refractivity contribution in [3.8, 4) is 0 Å². The summed E-state index contributed by atoms with van der Waals surface area (Å²) in [6.45, 7) is 8.25. The monoisotopic (exact) mass is 129 g/mol. The Morgan fingerprint density at radius 3 is 2.33 bits per heavy atom. The molecule has 1 heterocycles. The van der Waals surface area contributed by atoms with Gasteiger partial charge in [0.05, 0.1) is 13.3 Å². The van der Waals surface area contributed by atoms with E-state index in [2.05, 4.69) is 26.1 Å². The smallest absolute Gasteiger partial charge is 0.0969 e. The average Bonchev–Trinajstić information content (AvgIpc) is 2.08. The first-order chi connectivity index (χ1) is 4.11. The molecular formula is C7H15NO. The van der Waals surface area contributed by atoms with Gasteiger partial charge in [-0.3, -0.25) is 5.32 Å². The highest BCUT2D eigenvalue weighted by Crippen LogP contribution is 2.21. The first-order valence-electron chi connectivity index (χ1n) is 3.42. The largest absolute Gasteiger partial charge is 0.365 e. The number of ether oxygens (including phenoxy) is 1. The van der Waals surface area contributed by atoms with E-state index in [0.717, 1.165) is 13.3 Å². The topological polar surface area (TPSA) is 21.3 Å². The lowest BCUT2D eigenvalue weighted by Crippen LogP contribution is -2.36. The molecule has 2 nitrogen and oxygen atoms in total. The molecule has 0 aromatic heterocycles. The molecular weight excluding hydrogens is 114 g/mol. The van der Waals surface area contributed by atoms with Crippen molar-refractivity contribution in [1.82, 2.24) is 5.32 Å². The second-order valence-corrected chi connectivity index (χ2v) is 3.64. The summed E-state index contributed by atoms with van der Waals surface area (Å²) in [5, 5.41) is 3.27. The number of hydrogen-bond donors (Lipinski definition) is 1. The fraction of sp³-hybridized carbons (Fsp3) is 1.00. The highest BCUT2D eigenvalue weighted by atomic mass is 16.5. The molecule has 0 aliphatic carbocycles. The molecule has 54 valence electrons. The summed E-state index contributed by atoms with van der Waals surface area (Å²) < 4.78 is 5.17. The molecule has 0 radical (unpaired) electrons. The molecule has 0 saturated carbocycles. The summed E-state index contributed by atoms with van der Waals surface area (Å²) in [6, 6.07) is 0.539. The van der Waals surface area contributed by atoms with Crippen LogP contribution in [-0.4, -0.2) is 19.4 Å². The highest BCUT2D eigenvalue weighted by Gasteiger charge is 2.27. The molecule has 0 aromatic rings. The summed E-state index contributed by atoms with van der Waals surface area (Å²) in [5.74, 6) is 0. The zero-order chi connectivity index (χ0) is 6.91. The van der Waals surface area contributed by atoms with Crippen LogP contribution in [0, 0.1) is 5.41 Å². The lowest BCUT2D eigenvalue weighted by Gasteiger charge is -2.24. The van der Waals surface area contributed by atoms with Gasteiger partial charge in [-0.2, -0.15) is 0 Å². The van der Waals surface area contributed by atoms with E-state index in [1.165, 1.54) is 0 Å². The zero-order valence-corrected chi connectivity index (χ0v) is 6.40. The standard InChI is InChI=1S/C7H15NO/c1-7(2,3)6-4-9-5-8-6/h6,8H,4-5H2,1-3H3/t6-/m0/s1. The van der Waals surface area contributed by atoms with Gasteiger partial charge >= 0.3 is 0 Å². The van der Waals surface area contributed by atoms with E-state index in [9.17, 15) is 0 Å². The molecule has 0 aromatic carbocycles. The van der Waals surface area contributed by atoms with Gasteiger partial charge in [0.25, 0.3) is 0 Å². The van der Waals surface area contributed by atoms with Crippen LogP contribution in [0.5, 0.6) is 0 Å². The fourth-order valence-electron chi connectivity index (χ4n) is 0.951. The van der Waals surface area contributed by atoms with Crippen molar-refractivity contribution < 1.29 is 4.74 Å². The normalized spacial score (nSPS) is 29.0. The Morgan fingerprint density at radius 2 is 2.11 bits per heavy atom. The van der Waals surface area contributed by atoms with Gasteiger partial charge in [0.1, 0.15) is 0 Å². The molecule has 9 heavy (non-hydrogen) atoms. The fourth-order valence-corrected chi connectivity index (χ4v) is 0.951. The summed E-state index contributed by atoms with van der Waals surface area (Å²) in [6.07, 6.45) is 0. The highest BCUT2D eigenvalue weighted by molar-refractivity contribution is 4.81. The first-order valence-corrected chi connectivity index (χ1v) is 3.42. The molecule has 1 aliphatic heterocycles. The van der Waals surface area contributed by atoms with E-state index >= 15 is 0 Å². The van der Waals surface area contributed by atoms with Crippen LogP contribution in [0.3, 0.4) is 0 Å². The minimum absolute atomic E-state index is 0.344. The Balaban J connectivity index is 2.42. The van der Waals surface area contributed by atoms with Crippen molar-refractivity contribution >= 4 is 0 Å². The molecule has 1 rings (SSSR count). The molecule has 0 spiro atoms. The Labute approximate surface area is 56.6 Å². The van der Waals surface area contributed by atoms with Crippen LogP contribution in [0.1, 0.15) is 20.8 Å². The quantitative estimate of drug-likeness (QED) is 0.526. The van der Waals surface area contributed by atoms with E-state index in [1.807, 2.05) is 0 Å². The Bertz CT molecular complexity index is 89.6. The van der Waals surface area contributed by atoms with E-state index in [4.69, 9.17) is 4.74 Å². The van der Waals surface area contributed by atoms with Crippen molar-refractivity contribution in [3.05, 3.63) is 0 Å². The molecule has 1 aliphatic rings. The van der Waals surface area contributed by atoms with Crippen molar-refractivity contribution in [2.75, 3.05) is 13.3 Å². The third-order valence-corrected chi connectivity index (χ3v) is 1.76. The third kappa shape index (κ3) is 1.66. The van der Waals surface area contributed by atoms with Crippen molar-refractivity contribution in [2.24, 2.45) is 5.41 Å². The van der Waals surface area contributed by atoms with Crippen LogP contribution in [0.25, 0.3) is 0 Å². The molecule has 1 atom stereocenters. The summed E-state index contributed by atoms with van der Waals surface area (Å²) in [5.41, 5.74) is 0.344. The van der Waals surface area contributed by atoms with E-state index < -0.39 is 0 Å². The van der Waals surface area contributed by atoms with E-state index in [1.54, 1.807) is 0 Å². The number of rotatable bonds is 0. The second-order valence-electron chi connectivity index (χ2n) is 3.64. The SMILES string of the molecule is CC(C)(C)[C@@H]1COCN1. The predicted octanol–water partition coefficient (Wildman–Crippen LogP) is 0.978. The van der Waals surface area contributed by atoms with Gasteiger partial charge in [-0.05, 0) is 5.41 Å². The van der Waals surface area contributed by atoms with Gasteiger partial charge in [0, 0.05) is 6.04 Å². The molecule has 1 fully saturated rings. The van der Waals surface area contributed by atoms with Crippen LogP contribution in [0.15, 0.2) is 0 Å². The van der Waals surface area contributed by atoms with Crippen LogP contribution < -0.4 is 5.32 Å². The van der Waals surface area contributed by atoms with E-state index in [0.29, 0.717) is 11.5 Å². The minimum Gasteiger partial charge on any atom is -0.365 e. The van der Waals surface area contributed by atoms with Crippen LogP contribution >= 0.6 is 0 Å². The number of nitrogens with one attached hydrogen (secondary N) is 1. The van der Waals surface area contributed by atoms with Gasteiger partial charge in [-0.25, -0.2) is 0 Å². The Kier molecular flexibility index (Phi) is 1.78. The molecule has 1 N–H and O–H groups in total. The van der Waals surface area contributed by atoms with Crippen molar-refractivity contribution in [2.45, 2.75) is 26.8 Å². The first kappa shape index (κ1) is 7.03. The number of hydrogen-bond acceptors (Lipinski definition) is 2. The average molecular weight is 129 g/mol. The second kappa shape index (κ2) is 2.27. The maximum atomic E-state index is 5.17. The van der Waals surface area contributed by atoms with Crippen LogP contribution in [-0.2, 0) is 4.74 Å². The molecule has 0 bridgehead atoms. The maximum Gasteiger partial charge on any atom is 0.0969 e. The summed E-state index contributed by atoms with van der Waals surface area (Å²) in [7, 11) is 0. The van der Waals surface area contributed by atoms with Crippen LogP contribution in [0.2, 0.25) is 0 Å². The molecule has 0 amide bonds. The Hall–Kier alpha value is -0.0800. The summed E-state index contributed by atoms with van der Waals surface area (Å²) in [4.78, 5) is 0. The van der Waals surface area contributed by atoms with Crippen molar-refractivity contribution in [3.63, 3.8) is 0 Å². The molecule has 2 heteroatoms. The predicted molar refractivity (Wildman–Crippen MR) is 37.2 cm³/mol. The van der Waals surface area contributed by atoms with Gasteiger partial charge in [0.2, 0.25) is 0 Å². The van der Waals surface area contributed by atoms with Gasteiger partial charge in [-0.15, -0.1) is 0 Å². The third-order valence-electron chi connectivity index (χ3n) is 1.76. The van der Waals surface area contributed by atoms with Gasteiger partial charge in [-0.1, -0.05) is 20.8 Å².